The van der Waals surface area contributed by atoms with Crippen LogP contribution >= 0.6 is 34.5 Å². The Morgan fingerprint density at radius 3 is 2.59 bits per heavy atom. The van der Waals surface area contributed by atoms with Gasteiger partial charge in [0.2, 0.25) is 0 Å². The Bertz CT molecular complexity index is 1660. The van der Waals surface area contributed by atoms with Crippen molar-refractivity contribution in [2.75, 3.05) is 11.4 Å². The van der Waals surface area contributed by atoms with E-state index in [0.717, 1.165) is 77.2 Å². The number of halogens is 2. The zero-order valence-electron chi connectivity index (χ0n) is 22.1. The van der Waals surface area contributed by atoms with Gasteiger partial charge in [-0.15, -0.1) is 0 Å². The van der Waals surface area contributed by atoms with Crippen molar-refractivity contribution in [1.29, 1.82) is 0 Å². The number of nitrogens with zero attached hydrogens (tertiary/aromatic N) is 4. The van der Waals surface area contributed by atoms with Gasteiger partial charge in [0.25, 0.3) is 0 Å². The lowest BCUT2D eigenvalue weighted by molar-refractivity contribution is 0.00958. The molecule has 0 radical (unpaired) electrons. The summed E-state index contributed by atoms with van der Waals surface area (Å²) in [5.41, 5.74) is 3.79. The molecule has 2 aromatic carbocycles. The van der Waals surface area contributed by atoms with Gasteiger partial charge in [0.15, 0.2) is 5.13 Å². The van der Waals surface area contributed by atoms with Gasteiger partial charge in [0.05, 0.1) is 57.1 Å². The maximum absolute atomic E-state index is 11.7. The van der Waals surface area contributed by atoms with Gasteiger partial charge >= 0.3 is 5.97 Å². The molecule has 0 amide bonds. The molecular formula is C30H28Cl2N4O4S. The van der Waals surface area contributed by atoms with Crippen LogP contribution in [0.1, 0.15) is 60.6 Å². The van der Waals surface area contributed by atoms with Gasteiger partial charge in [-0.25, -0.2) is 9.78 Å². The van der Waals surface area contributed by atoms with Crippen LogP contribution in [0.4, 0.5) is 5.13 Å². The molecule has 41 heavy (non-hydrogen) atoms. The van der Waals surface area contributed by atoms with Crippen LogP contribution in [-0.4, -0.2) is 50.6 Å². The highest BCUT2D eigenvalue weighted by molar-refractivity contribution is 7.22. The highest BCUT2D eigenvalue weighted by atomic mass is 35.5. The van der Waals surface area contributed by atoms with Crippen molar-refractivity contribution < 1.29 is 19.4 Å². The molecule has 4 aliphatic rings. The molecule has 4 fully saturated rings. The predicted molar refractivity (Wildman–Crippen MR) is 159 cm³/mol. The summed E-state index contributed by atoms with van der Waals surface area (Å²) in [7, 11) is 0. The molecule has 0 spiro atoms. The summed E-state index contributed by atoms with van der Waals surface area (Å²) in [4.78, 5) is 19.1. The summed E-state index contributed by atoms with van der Waals surface area (Å²) in [5.74, 6) is 0.0244. The number of fused-ring (bicyclic) bond motifs is 3. The fourth-order valence-electron chi connectivity index (χ4n) is 6.35. The van der Waals surface area contributed by atoms with Crippen LogP contribution in [0.25, 0.3) is 21.3 Å². The number of aromatic nitrogens is 3. The van der Waals surface area contributed by atoms with Gasteiger partial charge < -0.3 is 19.5 Å². The number of benzene rings is 2. The van der Waals surface area contributed by atoms with Crippen LogP contribution in [0.15, 0.2) is 36.5 Å². The van der Waals surface area contributed by atoms with Crippen molar-refractivity contribution in [1.82, 2.24) is 14.8 Å². The summed E-state index contributed by atoms with van der Waals surface area (Å²) < 4.78 is 15.6. The lowest BCUT2D eigenvalue weighted by Gasteiger charge is -2.31. The van der Waals surface area contributed by atoms with Crippen molar-refractivity contribution in [2.24, 2.45) is 5.92 Å². The molecule has 1 saturated heterocycles. The fraction of sp³-hybridized carbons (Fsp3) is 0.433. The standard InChI is InChI=1S/C30H28Cl2N4O4S/c31-21-2-1-3-22(32)27(21)20-12-33-36(17-4-5-17)23(20)14-39-24-11-18-8-16(24)13-35(18)30-34-28-25(40-19-6-7-19)9-15(29(37)38)10-26(28)41-30/h1-3,9-10,12,16-19,24H,4-8,11,13-14H2,(H,37,38)/t16-,18-,24?/m0/s1. The van der Waals surface area contributed by atoms with Crippen molar-refractivity contribution in [2.45, 2.75) is 69.4 Å². The quantitative estimate of drug-likeness (QED) is 0.214. The maximum atomic E-state index is 11.7. The van der Waals surface area contributed by atoms with Crippen LogP contribution in [0, 0.1) is 5.92 Å². The lowest BCUT2D eigenvalue weighted by Crippen LogP contribution is -2.38. The number of aromatic carboxylic acids is 1. The maximum Gasteiger partial charge on any atom is 0.335 e. The highest BCUT2D eigenvalue weighted by Gasteiger charge is 2.46. The second kappa shape index (κ2) is 9.87. The molecule has 2 aromatic heterocycles. The highest BCUT2D eigenvalue weighted by Crippen LogP contribution is 2.47. The number of anilines is 1. The lowest BCUT2D eigenvalue weighted by atomic mass is 10.0. The average Bonchev–Trinajstić information content (AvgIpc) is 3.77. The third kappa shape index (κ3) is 4.67. The SMILES string of the molecule is O=C(O)c1cc(OC2CC2)c2nc(N3C[C@@H]4C[C@H]3CC4OCc3c(-c4c(Cl)cccc4Cl)cnn3C3CC3)sc2c1. The topological polar surface area (TPSA) is 89.7 Å². The molecule has 3 heterocycles. The summed E-state index contributed by atoms with van der Waals surface area (Å²) in [5, 5.41) is 16.5. The molecule has 1 aliphatic heterocycles. The van der Waals surface area contributed by atoms with Crippen LogP contribution in [0.3, 0.4) is 0 Å². The molecule has 4 aromatic rings. The molecule has 2 bridgehead atoms. The summed E-state index contributed by atoms with van der Waals surface area (Å²) in [6.45, 7) is 1.33. The smallest absolute Gasteiger partial charge is 0.335 e. The molecule has 1 N–H and O–H groups in total. The van der Waals surface area contributed by atoms with E-state index in [4.69, 9.17) is 42.8 Å². The van der Waals surface area contributed by atoms with Gasteiger partial charge in [-0.05, 0) is 62.8 Å². The molecule has 1 unspecified atom stereocenters. The summed E-state index contributed by atoms with van der Waals surface area (Å²) in [6.07, 6.45) is 8.41. The second-order valence-corrected chi connectivity index (χ2v) is 13.4. The Labute approximate surface area is 250 Å². The molecule has 8 nitrogen and oxygen atoms in total. The van der Waals surface area contributed by atoms with Gasteiger partial charge in [-0.1, -0.05) is 40.6 Å². The Balaban J connectivity index is 1.01. The van der Waals surface area contributed by atoms with E-state index < -0.39 is 5.97 Å². The third-order valence-electron chi connectivity index (χ3n) is 8.69. The predicted octanol–water partition coefficient (Wildman–Crippen LogP) is 7.22. The number of carbonyl (C=O) groups is 1. The van der Waals surface area contributed by atoms with Crippen molar-refractivity contribution >= 4 is 55.9 Å². The molecule has 3 aliphatic carbocycles. The normalized spacial score (nSPS) is 23.6. The first-order chi connectivity index (χ1) is 19.9. The number of hydrogen-bond acceptors (Lipinski definition) is 7. The number of thiazole rings is 1. The first-order valence-electron chi connectivity index (χ1n) is 14.2. The number of carboxylic acid groups (broad SMARTS) is 1. The Kier molecular flexibility index (Phi) is 6.21. The molecule has 3 atom stereocenters. The second-order valence-electron chi connectivity index (χ2n) is 11.6. The zero-order valence-corrected chi connectivity index (χ0v) is 24.5. The third-order valence-corrected chi connectivity index (χ3v) is 10.4. The summed E-state index contributed by atoms with van der Waals surface area (Å²) in [6, 6.07) is 9.65. The Morgan fingerprint density at radius 1 is 1.10 bits per heavy atom. The van der Waals surface area contributed by atoms with Crippen molar-refractivity contribution in [3.63, 3.8) is 0 Å². The minimum Gasteiger partial charge on any atom is -0.488 e. The molecule has 8 rings (SSSR count). The van der Waals surface area contributed by atoms with Crippen LogP contribution < -0.4 is 9.64 Å². The minimum absolute atomic E-state index is 0.148. The average molecular weight is 612 g/mol. The zero-order chi connectivity index (χ0) is 27.8. The van der Waals surface area contributed by atoms with E-state index in [1.807, 2.05) is 24.4 Å². The van der Waals surface area contributed by atoms with E-state index in [-0.39, 0.29) is 17.8 Å². The molecule has 3 saturated carbocycles. The molecule has 212 valence electrons. The van der Waals surface area contributed by atoms with Crippen LogP contribution in [0.5, 0.6) is 5.75 Å². The van der Waals surface area contributed by atoms with Crippen molar-refractivity contribution in [3.8, 4) is 16.9 Å². The number of ether oxygens (including phenoxy) is 2. The van der Waals surface area contributed by atoms with E-state index in [1.54, 1.807) is 23.5 Å². The summed E-state index contributed by atoms with van der Waals surface area (Å²) >= 11 is 14.7. The van der Waals surface area contributed by atoms with Gasteiger partial charge in [0.1, 0.15) is 11.3 Å². The first-order valence-corrected chi connectivity index (χ1v) is 15.7. The number of carboxylic acids is 1. The van der Waals surface area contributed by atoms with Crippen LogP contribution in [-0.2, 0) is 11.3 Å². The van der Waals surface area contributed by atoms with E-state index in [2.05, 4.69) is 9.58 Å². The van der Waals surface area contributed by atoms with E-state index in [0.29, 0.717) is 40.4 Å². The fourth-order valence-corrected chi connectivity index (χ4v) is 8.05. The monoisotopic (exact) mass is 610 g/mol. The molecule has 11 heteroatoms. The van der Waals surface area contributed by atoms with Gasteiger partial charge in [-0.3, -0.25) is 4.68 Å². The van der Waals surface area contributed by atoms with E-state index in [9.17, 15) is 9.90 Å². The number of piperidine rings is 1. The largest absolute Gasteiger partial charge is 0.488 e. The van der Waals surface area contributed by atoms with Crippen molar-refractivity contribution in [3.05, 3.63) is 57.8 Å². The Hall–Kier alpha value is -2.85. The van der Waals surface area contributed by atoms with Gasteiger partial charge in [-0.2, -0.15) is 5.10 Å². The number of hydrogen-bond donors (Lipinski definition) is 1. The Morgan fingerprint density at radius 2 is 1.90 bits per heavy atom. The van der Waals surface area contributed by atoms with Crippen LogP contribution in [0.2, 0.25) is 10.0 Å². The van der Waals surface area contributed by atoms with E-state index in [1.165, 1.54) is 0 Å². The van der Waals surface area contributed by atoms with Gasteiger partial charge in [0, 0.05) is 29.6 Å². The van der Waals surface area contributed by atoms with E-state index >= 15 is 0 Å². The minimum atomic E-state index is -0.953. The first kappa shape index (κ1) is 25.8. The number of rotatable bonds is 9. The molecular weight excluding hydrogens is 583 g/mol.